The summed E-state index contributed by atoms with van der Waals surface area (Å²) in [5, 5.41) is 13.5. The molecule has 0 bridgehead atoms. The minimum Gasteiger partial charge on any atom is -0.395 e. The van der Waals surface area contributed by atoms with E-state index in [4.69, 9.17) is 4.42 Å². The van der Waals surface area contributed by atoms with Crippen molar-refractivity contribution in [1.29, 1.82) is 0 Å². The number of hydrogen-bond donors (Lipinski definition) is 1. The average Bonchev–Trinajstić information content (AvgIpc) is 3.17. The maximum absolute atomic E-state index is 11.9. The number of anilines is 1. The predicted molar refractivity (Wildman–Crippen MR) is 80.9 cm³/mol. The van der Waals surface area contributed by atoms with E-state index < -0.39 is 16.7 Å². The first-order valence-corrected chi connectivity index (χ1v) is 7.02. The van der Waals surface area contributed by atoms with E-state index in [0.29, 0.717) is 5.13 Å². The molecule has 7 nitrogen and oxygen atoms in total. The molecule has 110 valence electrons. The summed E-state index contributed by atoms with van der Waals surface area (Å²) in [5.74, 6) is -1.19. The summed E-state index contributed by atoms with van der Waals surface area (Å²) in [6, 6.07) is 12.0. The van der Waals surface area contributed by atoms with Crippen LogP contribution in [-0.2, 0) is 0 Å². The van der Waals surface area contributed by atoms with Crippen molar-refractivity contribution in [2.24, 2.45) is 0 Å². The van der Waals surface area contributed by atoms with Gasteiger partial charge < -0.3 is 4.42 Å². The SMILES string of the molecule is O=C(Nc1ncc(-c2ccccc2)s1)c1ccc([N+](=O)[O-])o1. The Morgan fingerprint density at radius 2 is 2.00 bits per heavy atom. The number of carbonyl (C=O) groups excluding carboxylic acids is 1. The summed E-state index contributed by atoms with van der Waals surface area (Å²) in [7, 11) is 0. The van der Waals surface area contributed by atoms with Crippen LogP contribution in [0.1, 0.15) is 10.6 Å². The van der Waals surface area contributed by atoms with Gasteiger partial charge in [-0.15, -0.1) is 0 Å². The first-order chi connectivity index (χ1) is 10.6. The topological polar surface area (TPSA) is 98.3 Å². The van der Waals surface area contributed by atoms with Crippen molar-refractivity contribution in [3.63, 3.8) is 0 Å². The zero-order valence-corrected chi connectivity index (χ0v) is 11.9. The molecular weight excluding hydrogens is 306 g/mol. The third kappa shape index (κ3) is 2.86. The minimum atomic E-state index is -0.701. The van der Waals surface area contributed by atoms with E-state index in [1.54, 1.807) is 6.20 Å². The van der Waals surface area contributed by atoms with Gasteiger partial charge >= 0.3 is 5.88 Å². The Morgan fingerprint density at radius 3 is 2.68 bits per heavy atom. The van der Waals surface area contributed by atoms with Gasteiger partial charge in [-0.25, -0.2) is 4.98 Å². The lowest BCUT2D eigenvalue weighted by Gasteiger charge is -1.97. The Labute approximate surface area is 128 Å². The van der Waals surface area contributed by atoms with Gasteiger partial charge in [0.1, 0.15) is 4.92 Å². The number of aromatic nitrogens is 1. The van der Waals surface area contributed by atoms with Gasteiger partial charge in [0.15, 0.2) is 10.9 Å². The van der Waals surface area contributed by atoms with Gasteiger partial charge in [-0.05, 0) is 11.6 Å². The van der Waals surface area contributed by atoms with Crippen LogP contribution in [0, 0.1) is 10.1 Å². The number of hydrogen-bond acceptors (Lipinski definition) is 6. The highest BCUT2D eigenvalue weighted by Gasteiger charge is 2.18. The van der Waals surface area contributed by atoms with Crippen molar-refractivity contribution in [1.82, 2.24) is 4.98 Å². The van der Waals surface area contributed by atoms with Crippen LogP contribution < -0.4 is 5.32 Å². The van der Waals surface area contributed by atoms with Crippen LogP contribution in [0.25, 0.3) is 10.4 Å². The number of carbonyl (C=O) groups is 1. The molecule has 2 heterocycles. The number of rotatable bonds is 4. The standard InChI is InChI=1S/C14H9N3O4S/c18-13(10-6-7-12(21-10)17(19)20)16-14-15-8-11(22-14)9-4-2-1-3-5-9/h1-8H,(H,15,16,18). The summed E-state index contributed by atoms with van der Waals surface area (Å²) >= 11 is 1.30. The van der Waals surface area contributed by atoms with E-state index in [-0.39, 0.29) is 5.76 Å². The highest BCUT2D eigenvalue weighted by Crippen LogP contribution is 2.29. The lowest BCUT2D eigenvalue weighted by Crippen LogP contribution is -2.10. The van der Waals surface area contributed by atoms with E-state index in [9.17, 15) is 14.9 Å². The molecule has 0 aliphatic carbocycles. The molecule has 0 spiro atoms. The number of furan rings is 1. The van der Waals surface area contributed by atoms with Crippen LogP contribution in [0.4, 0.5) is 11.0 Å². The summed E-state index contributed by atoms with van der Waals surface area (Å²) in [6.07, 6.45) is 1.65. The Morgan fingerprint density at radius 1 is 1.23 bits per heavy atom. The number of amides is 1. The van der Waals surface area contributed by atoms with Gasteiger partial charge in [-0.3, -0.25) is 20.2 Å². The molecule has 0 fully saturated rings. The van der Waals surface area contributed by atoms with Crippen LogP contribution in [0.2, 0.25) is 0 Å². The molecule has 1 N–H and O–H groups in total. The lowest BCUT2D eigenvalue weighted by molar-refractivity contribution is -0.402. The van der Waals surface area contributed by atoms with Crippen LogP contribution >= 0.6 is 11.3 Å². The van der Waals surface area contributed by atoms with E-state index in [1.165, 1.54) is 17.4 Å². The quantitative estimate of drug-likeness (QED) is 0.586. The second-order valence-electron chi connectivity index (χ2n) is 4.24. The van der Waals surface area contributed by atoms with Gasteiger partial charge in [0.2, 0.25) is 0 Å². The van der Waals surface area contributed by atoms with Crippen molar-refractivity contribution in [2.45, 2.75) is 0 Å². The summed E-state index contributed by atoms with van der Waals surface area (Å²) in [6.45, 7) is 0. The van der Waals surface area contributed by atoms with Gasteiger partial charge in [-0.1, -0.05) is 41.7 Å². The van der Waals surface area contributed by atoms with Crippen LogP contribution in [0.5, 0.6) is 0 Å². The lowest BCUT2D eigenvalue weighted by atomic mass is 10.2. The van der Waals surface area contributed by atoms with Gasteiger partial charge in [-0.2, -0.15) is 0 Å². The molecule has 0 saturated heterocycles. The minimum absolute atomic E-state index is 0.136. The molecule has 3 aromatic rings. The van der Waals surface area contributed by atoms with Crippen molar-refractivity contribution < 1.29 is 14.1 Å². The third-order valence-electron chi connectivity index (χ3n) is 2.78. The fraction of sp³-hybridized carbons (Fsp3) is 0. The monoisotopic (exact) mass is 315 g/mol. The molecule has 0 unspecified atom stereocenters. The molecule has 8 heteroatoms. The second-order valence-corrected chi connectivity index (χ2v) is 5.28. The maximum atomic E-state index is 11.9. The third-order valence-corrected chi connectivity index (χ3v) is 3.74. The molecule has 2 aromatic heterocycles. The van der Waals surface area contributed by atoms with E-state index in [0.717, 1.165) is 16.5 Å². The molecule has 0 saturated carbocycles. The fourth-order valence-corrected chi connectivity index (χ4v) is 2.59. The van der Waals surface area contributed by atoms with Gasteiger partial charge in [0.05, 0.1) is 10.9 Å². The van der Waals surface area contributed by atoms with Crippen molar-refractivity contribution in [2.75, 3.05) is 5.32 Å². The van der Waals surface area contributed by atoms with Crippen molar-refractivity contribution in [3.05, 3.63) is 64.5 Å². The summed E-state index contributed by atoms with van der Waals surface area (Å²) < 4.78 is 4.84. The van der Waals surface area contributed by atoms with Crippen LogP contribution in [0.3, 0.4) is 0 Å². The number of nitro groups is 1. The van der Waals surface area contributed by atoms with E-state index >= 15 is 0 Å². The molecular formula is C14H9N3O4S. The number of benzene rings is 1. The molecule has 0 aliphatic rings. The largest absolute Gasteiger partial charge is 0.433 e. The molecule has 0 aliphatic heterocycles. The highest BCUT2D eigenvalue weighted by molar-refractivity contribution is 7.19. The maximum Gasteiger partial charge on any atom is 0.433 e. The Bertz CT molecular complexity index is 825. The predicted octanol–water partition coefficient (Wildman–Crippen LogP) is 3.56. The Kier molecular flexibility index (Phi) is 3.67. The summed E-state index contributed by atoms with van der Waals surface area (Å²) in [4.78, 5) is 26.8. The van der Waals surface area contributed by atoms with Crippen LogP contribution in [0.15, 0.2) is 53.1 Å². The number of nitrogens with zero attached hydrogens (tertiary/aromatic N) is 2. The fourth-order valence-electron chi connectivity index (χ4n) is 1.77. The molecule has 0 radical (unpaired) electrons. The zero-order valence-electron chi connectivity index (χ0n) is 11.1. The normalized spacial score (nSPS) is 10.4. The van der Waals surface area contributed by atoms with E-state index in [1.807, 2.05) is 30.3 Å². The molecule has 0 atom stereocenters. The Balaban J connectivity index is 1.74. The average molecular weight is 315 g/mol. The smallest absolute Gasteiger partial charge is 0.395 e. The molecule has 3 rings (SSSR count). The molecule has 22 heavy (non-hydrogen) atoms. The molecule has 1 aromatic carbocycles. The molecule has 1 amide bonds. The first-order valence-electron chi connectivity index (χ1n) is 6.20. The first kappa shape index (κ1) is 14.0. The Hall–Kier alpha value is -3.00. The van der Waals surface area contributed by atoms with Crippen molar-refractivity contribution in [3.8, 4) is 10.4 Å². The van der Waals surface area contributed by atoms with E-state index in [2.05, 4.69) is 10.3 Å². The van der Waals surface area contributed by atoms with Gasteiger partial charge in [0, 0.05) is 6.20 Å². The van der Waals surface area contributed by atoms with Gasteiger partial charge in [0.25, 0.3) is 5.91 Å². The zero-order chi connectivity index (χ0) is 15.5. The number of nitrogens with one attached hydrogen (secondary N) is 1. The highest BCUT2D eigenvalue weighted by atomic mass is 32.1. The number of thiazole rings is 1. The second kappa shape index (κ2) is 5.78. The van der Waals surface area contributed by atoms with Crippen LogP contribution in [-0.4, -0.2) is 15.8 Å². The van der Waals surface area contributed by atoms with Crippen molar-refractivity contribution >= 4 is 28.3 Å². The summed E-state index contributed by atoms with van der Waals surface area (Å²) in [5.41, 5.74) is 0.995.